The van der Waals surface area contributed by atoms with E-state index >= 15 is 0 Å². The number of aromatic nitrogens is 5. The fraction of sp³-hybridized carbons (Fsp3) is 0.455. The van der Waals surface area contributed by atoms with E-state index in [9.17, 15) is 4.79 Å². The van der Waals surface area contributed by atoms with E-state index in [1.807, 2.05) is 20.8 Å². The summed E-state index contributed by atoms with van der Waals surface area (Å²) in [5, 5.41) is 8.41. The molecule has 0 amide bonds. The van der Waals surface area contributed by atoms with Crippen molar-refractivity contribution < 1.29 is 9.53 Å². The van der Waals surface area contributed by atoms with E-state index in [2.05, 4.69) is 19.9 Å². The summed E-state index contributed by atoms with van der Waals surface area (Å²) in [5.74, 6) is -0.0177. The molecular formula is C11H16N6O2. The van der Waals surface area contributed by atoms with Crippen molar-refractivity contribution in [3.63, 3.8) is 0 Å². The van der Waals surface area contributed by atoms with Gasteiger partial charge in [0.15, 0.2) is 5.82 Å². The fourth-order valence-electron chi connectivity index (χ4n) is 1.69. The average molecular weight is 264 g/mol. The third-order valence-electron chi connectivity index (χ3n) is 2.67. The molecule has 8 heteroatoms. The highest BCUT2D eigenvalue weighted by atomic mass is 16.5. The second-order valence-corrected chi connectivity index (χ2v) is 4.37. The third kappa shape index (κ3) is 2.16. The predicted molar refractivity (Wildman–Crippen MR) is 68.0 cm³/mol. The Labute approximate surface area is 110 Å². The maximum absolute atomic E-state index is 11.4. The van der Waals surface area contributed by atoms with Crippen LogP contribution < -0.4 is 5.73 Å². The quantitative estimate of drug-likeness (QED) is 0.820. The molecule has 102 valence electrons. The molecule has 19 heavy (non-hydrogen) atoms. The van der Waals surface area contributed by atoms with Crippen molar-refractivity contribution in [3.05, 3.63) is 17.8 Å². The van der Waals surface area contributed by atoms with Crippen molar-refractivity contribution in [2.45, 2.75) is 26.8 Å². The Hall–Kier alpha value is -2.38. The molecule has 2 aromatic heterocycles. The fourth-order valence-corrected chi connectivity index (χ4v) is 1.69. The van der Waals surface area contributed by atoms with Crippen molar-refractivity contribution in [1.29, 1.82) is 0 Å². The number of ether oxygens (including phenoxy) is 1. The van der Waals surface area contributed by atoms with Gasteiger partial charge in [0.25, 0.3) is 5.82 Å². The topological polar surface area (TPSA) is 101 Å². The summed E-state index contributed by atoms with van der Waals surface area (Å²) >= 11 is 0. The number of nitrogens with zero attached hydrogens (tertiary/aromatic N) is 5. The smallest absolute Gasteiger partial charge is 0.377 e. The summed E-state index contributed by atoms with van der Waals surface area (Å²) in [4.78, 5) is 15.2. The molecule has 0 unspecified atom stereocenters. The van der Waals surface area contributed by atoms with E-state index in [0.717, 1.165) is 0 Å². The molecule has 2 rings (SSSR count). The number of hydrogen-bond donors (Lipinski definition) is 1. The summed E-state index contributed by atoms with van der Waals surface area (Å²) < 4.78 is 7.74. The molecule has 0 bridgehead atoms. The first-order chi connectivity index (χ1) is 8.95. The molecule has 0 spiro atoms. The molecule has 0 aromatic carbocycles. The minimum Gasteiger partial charge on any atom is -0.463 e. The monoisotopic (exact) mass is 264 g/mol. The first-order valence-corrected chi connectivity index (χ1v) is 5.80. The van der Waals surface area contributed by atoms with Gasteiger partial charge in [0.1, 0.15) is 6.33 Å². The van der Waals surface area contributed by atoms with E-state index in [0.29, 0.717) is 17.2 Å². The lowest BCUT2D eigenvalue weighted by Crippen LogP contribution is -2.12. The van der Waals surface area contributed by atoms with Crippen molar-refractivity contribution in [2.24, 2.45) is 0 Å². The highest BCUT2D eigenvalue weighted by molar-refractivity contribution is 5.84. The summed E-state index contributed by atoms with van der Waals surface area (Å²) in [6.45, 7) is 5.77. The van der Waals surface area contributed by atoms with Crippen LogP contribution in [0.4, 0.5) is 5.69 Å². The molecule has 0 radical (unpaired) electrons. The molecule has 0 aliphatic rings. The molecule has 8 nitrogen and oxygen atoms in total. The van der Waals surface area contributed by atoms with Gasteiger partial charge in [-0.1, -0.05) is 0 Å². The Morgan fingerprint density at radius 3 is 2.68 bits per heavy atom. The van der Waals surface area contributed by atoms with Gasteiger partial charge in [-0.05, 0) is 20.8 Å². The largest absolute Gasteiger partial charge is 0.463 e. The van der Waals surface area contributed by atoms with Crippen LogP contribution >= 0.6 is 0 Å². The minimum absolute atomic E-state index is 0.0175. The van der Waals surface area contributed by atoms with Gasteiger partial charge in [-0.3, -0.25) is 0 Å². The van der Waals surface area contributed by atoms with Gasteiger partial charge in [-0.25, -0.2) is 14.5 Å². The highest BCUT2D eigenvalue weighted by Gasteiger charge is 2.19. The van der Waals surface area contributed by atoms with Crippen LogP contribution in [-0.4, -0.2) is 37.6 Å². The van der Waals surface area contributed by atoms with Crippen molar-refractivity contribution in [3.8, 4) is 5.82 Å². The molecule has 0 saturated carbocycles. The number of nitrogens with two attached hydrogens (primary N) is 1. The van der Waals surface area contributed by atoms with Crippen LogP contribution in [0.5, 0.6) is 0 Å². The minimum atomic E-state index is -0.593. The van der Waals surface area contributed by atoms with Gasteiger partial charge >= 0.3 is 5.97 Å². The zero-order valence-corrected chi connectivity index (χ0v) is 11.3. The lowest BCUT2D eigenvalue weighted by molar-refractivity contribution is 0.0587. The standard InChI is InChI=1S/C11H16N6O2/c1-6(2)17-10(8(12)7(3)14-17)16-5-13-9(15-16)11(18)19-4/h5-6H,12H2,1-4H3. The van der Waals surface area contributed by atoms with Gasteiger partial charge in [-0.2, -0.15) is 9.78 Å². The number of carbonyl (C=O) groups is 1. The van der Waals surface area contributed by atoms with Crippen molar-refractivity contribution >= 4 is 11.7 Å². The number of esters is 1. The molecule has 0 fully saturated rings. The molecule has 0 aliphatic carbocycles. The number of anilines is 1. The van der Waals surface area contributed by atoms with E-state index in [4.69, 9.17) is 5.73 Å². The number of aryl methyl sites for hydroxylation is 1. The Kier molecular flexibility index (Phi) is 3.24. The normalized spacial score (nSPS) is 11.0. The Morgan fingerprint density at radius 1 is 1.42 bits per heavy atom. The number of methoxy groups -OCH3 is 1. The second kappa shape index (κ2) is 4.71. The Bertz CT molecular complexity index is 613. The van der Waals surface area contributed by atoms with Gasteiger partial charge in [0.05, 0.1) is 18.5 Å². The van der Waals surface area contributed by atoms with Gasteiger partial charge < -0.3 is 10.5 Å². The average Bonchev–Trinajstić information content (AvgIpc) is 2.95. The van der Waals surface area contributed by atoms with Gasteiger partial charge in [-0.15, -0.1) is 5.10 Å². The van der Waals surface area contributed by atoms with Crippen molar-refractivity contribution in [2.75, 3.05) is 12.8 Å². The van der Waals surface area contributed by atoms with Crippen LogP contribution in [0.25, 0.3) is 5.82 Å². The van der Waals surface area contributed by atoms with Crippen LogP contribution in [0.3, 0.4) is 0 Å². The van der Waals surface area contributed by atoms with E-state index in [1.165, 1.54) is 18.1 Å². The maximum Gasteiger partial charge on any atom is 0.377 e. The molecule has 2 heterocycles. The van der Waals surface area contributed by atoms with Crippen LogP contribution in [0.1, 0.15) is 36.2 Å². The first-order valence-electron chi connectivity index (χ1n) is 5.80. The number of hydrogen-bond acceptors (Lipinski definition) is 6. The lowest BCUT2D eigenvalue weighted by atomic mass is 10.3. The first kappa shape index (κ1) is 13.1. The SMILES string of the molecule is COC(=O)c1ncn(-c2c(N)c(C)nn2C(C)C)n1. The molecule has 0 atom stereocenters. The van der Waals surface area contributed by atoms with Gasteiger partial charge in [0, 0.05) is 6.04 Å². The maximum atomic E-state index is 11.4. The summed E-state index contributed by atoms with van der Waals surface area (Å²) in [6, 6.07) is 0.108. The molecule has 0 aliphatic heterocycles. The number of carbonyl (C=O) groups excluding carboxylic acids is 1. The molecule has 0 saturated heterocycles. The molecule has 2 N–H and O–H groups in total. The van der Waals surface area contributed by atoms with Crippen LogP contribution in [0, 0.1) is 6.92 Å². The lowest BCUT2D eigenvalue weighted by Gasteiger charge is -2.10. The predicted octanol–water partition coefficient (Wildman–Crippen LogP) is 0.722. The summed E-state index contributed by atoms with van der Waals surface area (Å²) in [5.41, 5.74) is 7.22. The second-order valence-electron chi connectivity index (χ2n) is 4.37. The van der Waals surface area contributed by atoms with Gasteiger partial charge in [0.2, 0.25) is 0 Å². The zero-order chi connectivity index (χ0) is 14.2. The number of nitrogen functional groups attached to an aromatic ring is 1. The van der Waals surface area contributed by atoms with E-state index in [-0.39, 0.29) is 11.9 Å². The Morgan fingerprint density at radius 2 is 2.11 bits per heavy atom. The molecule has 2 aromatic rings. The van der Waals surface area contributed by atoms with Crippen LogP contribution in [0.2, 0.25) is 0 Å². The Balaban J connectivity index is 2.52. The third-order valence-corrected chi connectivity index (χ3v) is 2.67. The number of rotatable bonds is 3. The highest BCUT2D eigenvalue weighted by Crippen LogP contribution is 2.23. The van der Waals surface area contributed by atoms with Crippen LogP contribution in [-0.2, 0) is 4.74 Å². The van der Waals surface area contributed by atoms with Crippen LogP contribution in [0.15, 0.2) is 6.33 Å². The van der Waals surface area contributed by atoms with E-state index < -0.39 is 5.97 Å². The van der Waals surface area contributed by atoms with Crippen molar-refractivity contribution in [1.82, 2.24) is 24.5 Å². The molecular weight excluding hydrogens is 248 g/mol. The zero-order valence-electron chi connectivity index (χ0n) is 11.3. The van der Waals surface area contributed by atoms with E-state index in [1.54, 1.807) is 4.68 Å². The summed E-state index contributed by atoms with van der Waals surface area (Å²) in [6.07, 6.45) is 1.41. The summed E-state index contributed by atoms with van der Waals surface area (Å²) in [7, 11) is 1.28.